The third-order valence-electron chi connectivity index (χ3n) is 2.61. The van der Waals surface area contributed by atoms with E-state index in [1.165, 1.54) is 25.7 Å². The van der Waals surface area contributed by atoms with E-state index >= 15 is 0 Å². The van der Waals surface area contributed by atoms with E-state index in [-0.39, 0.29) is 6.61 Å². The van der Waals surface area contributed by atoms with Crippen LogP contribution in [0.1, 0.15) is 37.4 Å². The van der Waals surface area contributed by atoms with Gasteiger partial charge in [-0.3, -0.25) is 4.68 Å². The Morgan fingerprint density at radius 3 is 2.77 bits per heavy atom. The second-order valence-corrected chi connectivity index (χ2v) is 3.91. The maximum absolute atomic E-state index is 8.91. The zero-order valence-corrected chi connectivity index (χ0v) is 8.17. The summed E-state index contributed by atoms with van der Waals surface area (Å²) in [4.78, 5) is 0. The molecule has 1 N–H and O–H groups in total. The Hall–Kier alpha value is -0.540. The number of halogens is 1. The number of aliphatic hydroxyl groups excluding tert-OH is 1. The van der Waals surface area contributed by atoms with Crippen LogP contribution in [0.3, 0.4) is 0 Å². The summed E-state index contributed by atoms with van der Waals surface area (Å²) in [5.41, 5.74) is 0.591. The first-order valence-corrected chi connectivity index (χ1v) is 5.03. The van der Waals surface area contributed by atoms with Crippen LogP contribution in [0.4, 0.5) is 0 Å². The molecule has 0 saturated heterocycles. The minimum atomic E-state index is -0.0709. The Kier molecular flexibility index (Phi) is 2.56. The van der Waals surface area contributed by atoms with Crippen LogP contribution in [0.25, 0.3) is 0 Å². The lowest BCUT2D eigenvalue weighted by molar-refractivity contribution is 0.274. The number of rotatable bonds is 2. The number of aliphatic hydroxyl groups is 1. The molecule has 0 aliphatic heterocycles. The lowest BCUT2D eigenvalue weighted by Crippen LogP contribution is -2.05. The number of aromatic nitrogens is 2. The zero-order valence-electron chi connectivity index (χ0n) is 7.41. The Bertz CT molecular complexity index is 292. The van der Waals surface area contributed by atoms with Crippen molar-refractivity contribution in [3.05, 3.63) is 16.9 Å². The lowest BCUT2D eigenvalue weighted by Gasteiger charge is -2.08. The first-order chi connectivity index (χ1) is 6.31. The molecular formula is C9H13ClN2O. The highest BCUT2D eigenvalue weighted by atomic mass is 35.5. The van der Waals surface area contributed by atoms with Crippen molar-refractivity contribution in [1.29, 1.82) is 0 Å². The van der Waals surface area contributed by atoms with Gasteiger partial charge in [-0.1, -0.05) is 24.4 Å². The molecule has 0 aromatic carbocycles. The summed E-state index contributed by atoms with van der Waals surface area (Å²) in [6.07, 6.45) is 6.74. The van der Waals surface area contributed by atoms with Crippen LogP contribution >= 0.6 is 11.6 Å². The minimum Gasteiger partial charge on any atom is -0.390 e. The molecule has 0 unspecified atom stereocenters. The van der Waals surface area contributed by atoms with Crippen molar-refractivity contribution < 1.29 is 5.11 Å². The molecule has 1 aliphatic carbocycles. The van der Waals surface area contributed by atoms with Crippen LogP contribution in [0.5, 0.6) is 0 Å². The highest BCUT2D eigenvalue weighted by Crippen LogP contribution is 2.30. The standard InChI is InChI=1S/C9H13ClN2O/c10-8-5-12(11-9(8)6-13)7-3-1-2-4-7/h5,7,13H,1-4,6H2. The second-order valence-electron chi connectivity index (χ2n) is 3.50. The van der Waals surface area contributed by atoms with Crippen molar-refractivity contribution in [2.45, 2.75) is 38.3 Å². The van der Waals surface area contributed by atoms with Crippen molar-refractivity contribution >= 4 is 11.6 Å². The molecule has 2 rings (SSSR count). The SMILES string of the molecule is OCc1nn(C2CCCC2)cc1Cl. The van der Waals surface area contributed by atoms with Gasteiger partial charge in [-0.25, -0.2) is 0 Å². The van der Waals surface area contributed by atoms with Crippen LogP contribution in [0.2, 0.25) is 5.02 Å². The predicted molar refractivity (Wildman–Crippen MR) is 50.7 cm³/mol. The van der Waals surface area contributed by atoms with Gasteiger partial charge in [0, 0.05) is 6.20 Å². The average Bonchev–Trinajstić information content (AvgIpc) is 2.71. The molecule has 0 amide bonds. The van der Waals surface area contributed by atoms with E-state index in [2.05, 4.69) is 5.10 Å². The first-order valence-electron chi connectivity index (χ1n) is 4.65. The molecule has 0 spiro atoms. The molecule has 1 fully saturated rings. The summed E-state index contributed by atoms with van der Waals surface area (Å²) in [6.45, 7) is -0.0709. The highest BCUT2D eigenvalue weighted by molar-refractivity contribution is 6.31. The largest absolute Gasteiger partial charge is 0.390 e. The molecular weight excluding hydrogens is 188 g/mol. The zero-order chi connectivity index (χ0) is 9.26. The Morgan fingerprint density at radius 2 is 2.23 bits per heavy atom. The monoisotopic (exact) mass is 200 g/mol. The molecule has 1 aromatic heterocycles. The average molecular weight is 201 g/mol. The van der Waals surface area contributed by atoms with E-state index in [1.807, 2.05) is 10.9 Å². The van der Waals surface area contributed by atoms with E-state index in [0.717, 1.165) is 0 Å². The summed E-state index contributed by atoms with van der Waals surface area (Å²) in [7, 11) is 0. The van der Waals surface area contributed by atoms with Crippen LogP contribution < -0.4 is 0 Å². The smallest absolute Gasteiger partial charge is 0.106 e. The molecule has 1 heterocycles. The van der Waals surface area contributed by atoms with Crippen molar-refractivity contribution in [3.8, 4) is 0 Å². The van der Waals surface area contributed by atoms with Crippen molar-refractivity contribution in [3.63, 3.8) is 0 Å². The van der Waals surface area contributed by atoms with Gasteiger partial charge < -0.3 is 5.11 Å². The lowest BCUT2D eigenvalue weighted by atomic mass is 10.3. The summed E-state index contributed by atoms with van der Waals surface area (Å²) >= 11 is 5.88. The molecule has 0 bridgehead atoms. The van der Waals surface area contributed by atoms with E-state index in [9.17, 15) is 0 Å². The maximum atomic E-state index is 8.91. The van der Waals surface area contributed by atoms with Gasteiger partial charge in [-0.05, 0) is 12.8 Å². The normalized spacial score (nSPS) is 18.3. The molecule has 1 saturated carbocycles. The van der Waals surface area contributed by atoms with Gasteiger partial charge in [0.05, 0.1) is 17.7 Å². The fourth-order valence-electron chi connectivity index (χ4n) is 1.87. The van der Waals surface area contributed by atoms with E-state index in [0.29, 0.717) is 16.8 Å². The van der Waals surface area contributed by atoms with Gasteiger partial charge in [-0.2, -0.15) is 5.10 Å². The third-order valence-corrected chi connectivity index (χ3v) is 2.92. The number of nitrogens with zero attached hydrogens (tertiary/aromatic N) is 2. The van der Waals surface area contributed by atoms with Crippen LogP contribution in [-0.2, 0) is 6.61 Å². The molecule has 0 atom stereocenters. The van der Waals surface area contributed by atoms with E-state index < -0.39 is 0 Å². The molecule has 1 aromatic rings. The fourth-order valence-corrected chi connectivity index (χ4v) is 2.07. The summed E-state index contributed by atoms with van der Waals surface area (Å²) < 4.78 is 1.90. The molecule has 0 radical (unpaired) electrons. The van der Waals surface area contributed by atoms with Crippen LogP contribution in [-0.4, -0.2) is 14.9 Å². The quantitative estimate of drug-likeness (QED) is 0.795. The first kappa shape index (κ1) is 9.03. The Labute approximate surface area is 82.3 Å². The summed E-state index contributed by atoms with van der Waals surface area (Å²) in [5.74, 6) is 0. The second kappa shape index (κ2) is 3.68. The number of hydrogen-bond donors (Lipinski definition) is 1. The van der Waals surface area contributed by atoms with Gasteiger partial charge in [0.1, 0.15) is 5.69 Å². The van der Waals surface area contributed by atoms with E-state index in [1.54, 1.807) is 0 Å². The van der Waals surface area contributed by atoms with Crippen LogP contribution in [0, 0.1) is 0 Å². The van der Waals surface area contributed by atoms with Crippen molar-refractivity contribution in [2.24, 2.45) is 0 Å². The maximum Gasteiger partial charge on any atom is 0.106 e. The number of hydrogen-bond acceptors (Lipinski definition) is 2. The van der Waals surface area contributed by atoms with Gasteiger partial charge in [0.25, 0.3) is 0 Å². The predicted octanol–water partition coefficient (Wildman–Crippen LogP) is 2.14. The van der Waals surface area contributed by atoms with Crippen LogP contribution in [0.15, 0.2) is 6.20 Å². The summed E-state index contributed by atoms with van der Waals surface area (Å²) in [5, 5.41) is 13.7. The Morgan fingerprint density at radius 1 is 1.54 bits per heavy atom. The summed E-state index contributed by atoms with van der Waals surface area (Å²) in [6, 6.07) is 0.498. The van der Waals surface area contributed by atoms with E-state index in [4.69, 9.17) is 16.7 Å². The topological polar surface area (TPSA) is 38.1 Å². The molecule has 72 valence electrons. The molecule has 1 aliphatic rings. The minimum absolute atomic E-state index is 0.0709. The molecule has 13 heavy (non-hydrogen) atoms. The Balaban J connectivity index is 2.20. The molecule has 4 heteroatoms. The fraction of sp³-hybridized carbons (Fsp3) is 0.667. The third kappa shape index (κ3) is 1.71. The van der Waals surface area contributed by atoms with Crippen molar-refractivity contribution in [2.75, 3.05) is 0 Å². The molecule has 3 nitrogen and oxygen atoms in total. The van der Waals surface area contributed by atoms with Gasteiger partial charge >= 0.3 is 0 Å². The van der Waals surface area contributed by atoms with Crippen molar-refractivity contribution in [1.82, 2.24) is 9.78 Å². The highest BCUT2D eigenvalue weighted by Gasteiger charge is 2.18. The van der Waals surface area contributed by atoms with Gasteiger partial charge in [-0.15, -0.1) is 0 Å². The van der Waals surface area contributed by atoms with Gasteiger partial charge in [0.15, 0.2) is 0 Å². The van der Waals surface area contributed by atoms with Gasteiger partial charge in [0.2, 0.25) is 0 Å².